The van der Waals surface area contributed by atoms with Gasteiger partial charge in [-0.05, 0) is 37.9 Å². The summed E-state index contributed by atoms with van der Waals surface area (Å²) >= 11 is 6.93. The first-order chi connectivity index (χ1) is 11.5. The Morgan fingerprint density at radius 2 is 2.00 bits per heavy atom. The summed E-state index contributed by atoms with van der Waals surface area (Å²) < 4.78 is 27.6. The van der Waals surface area contributed by atoms with Gasteiger partial charge >= 0.3 is 0 Å². The lowest BCUT2D eigenvalue weighted by molar-refractivity contribution is -0.133. The van der Waals surface area contributed by atoms with Gasteiger partial charge in [-0.15, -0.1) is 11.3 Å². The van der Waals surface area contributed by atoms with Gasteiger partial charge < -0.3 is 10.2 Å². The molecule has 6 nitrogen and oxygen atoms in total. The van der Waals surface area contributed by atoms with Crippen molar-refractivity contribution in [3.05, 3.63) is 16.5 Å². The molecule has 3 heterocycles. The summed E-state index contributed by atoms with van der Waals surface area (Å²) in [6, 6.07) is 3.03. The number of sulfonamides is 1. The van der Waals surface area contributed by atoms with Gasteiger partial charge in [0.2, 0.25) is 5.91 Å². The zero-order valence-electron chi connectivity index (χ0n) is 13.4. The second-order valence-electron chi connectivity index (χ2n) is 6.14. The molecule has 1 unspecified atom stereocenters. The van der Waals surface area contributed by atoms with Crippen LogP contribution in [0.15, 0.2) is 16.3 Å². The minimum Gasteiger partial charge on any atom is -0.340 e. The molecule has 0 aromatic carbocycles. The molecule has 1 atom stereocenters. The number of piperidine rings is 1. The number of amides is 1. The molecule has 9 heteroatoms. The molecule has 0 saturated carbocycles. The van der Waals surface area contributed by atoms with Crippen LogP contribution in [-0.4, -0.2) is 62.3 Å². The quantitative estimate of drug-likeness (QED) is 0.852. The van der Waals surface area contributed by atoms with Gasteiger partial charge in [0.1, 0.15) is 4.21 Å². The van der Waals surface area contributed by atoms with Gasteiger partial charge in [-0.2, -0.15) is 4.31 Å². The summed E-state index contributed by atoms with van der Waals surface area (Å²) in [5.41, 5.74) is 0. The lowest BCUT2D eigenvalue weighted by Crippen LogP contribution is -2.49. The average Bonchev–Trinajstić information content (AvgIpc) is 2.88. The third-order valence-electron chi connectivity index (χ3n) is 4.52. The number of carbonyl (C=O) groups is 1. The second-order valence-corrected chi connectivity index (χ2v) is 10.0. The fraction of sp³-hybridized carbons (Fsp3) is 0.667. The summed E-state index contributed by atoms with van der Waals surface area (Å²) in [7, 11) is -3.52. The van der Waals surface area contributed by atoms with E-state index in [0.717, 1.165) is 37.1 Å². The predicted octanol–water partition coefficient (Wildman–Crippen LogP) is 1.77. The van der Waals surface area contributed by atoms with E-state index in [1.807, 2.05) is 0 Å². The van der Waals surface area contributed by atoms with E-state index in [9.17, 15) is 13.2 Å². The maximum atomic E-state index is 12.7. The number of thiophene rings is 1. The molecule has 2 aliphatic rings. The van der Waals surface area contributed by atoms with Gasteiger partial charge in [-0.3, -0.25) is 4.79 Å². The first-order valence-electron chi connectivity index (χ1n) is 8.26. The molecule has 1 aromatic heterocycles. The van der Waals surface area contributed by atoms with Gasteiger partial charge in [-0.25, -0.2) is 8.42 Å². The molecule has 2 saturated heterocycles. The molecule has 1 amide bonds. The third-order valence-corrected chi connectivity index (χ3v) is 8.11. The zero-order valence-corrected chi connectivity index (χ0v) is 15.8. The van der Waals surface area contributed by atoms with Crippen molar-refractivity contribution < 1.29 is 13.2 Å². The largest absolute Gasteiger partial charge is 0.340 e. The van der Waals surface area contributed by atoms with Crippen molar-refractivity contribution in [2.24, 2.45) is 0 Å². The van der Waals surface area contributed by atoms with Gasteiger partial charge in [0.15, 0.2) is 0 Å². The summed E-state index contributed by atoms with van der Waals surface area (Å²) in [6.07, 6.45) is 3.69. The predicted molar refractivity (Wildman–Crippen MR) is 94.9 cm³/mol. The van der Waals surface area contributed by atoms with Crippen molar-refractivity contribution in [2.45, 2.75) is 35.9 Å². The average molecular weight is 392 g/mol. The van der Waals surface area contributed by atoms with Crippen LogP contribution in [0.4, 0.5) is 0 Å². The second kappa shape index (κ2) is 7.70. The maximum Gasteiger partial charge on any atom is 0.252 e. The molecule has 0 radical (unpaired) electrons. The molecule has 134 valence electrons. The monoisotopic (exact) mass is 391 g/mol. The van der Waals surface area contributed by atoms with E-state index in [1.165, 1.54) is 4.31 Å². The standard InChI is InChI=1S/C15H22ClN3O3S2/c16-13-5-6-14(23-13)24(21,22)19-9-3-8-18(10-11-19)15(20)12-4-1-2-7-17-12/h5-6,12,17H,1-4,7-11H2. The molecule has 2 fully saturated rings. The molecular formula is C15H22ClN3O3S2. The van der Waals surface area contributed by atoms with Crippen LogP contribution in [-0.2, 0) is 14.8 Å². The topological polar surface area (TPSA) is 69.7 Å². The van der Waals surface area contributed by atoms with Crippen LogP contribution in [0.5, 0.6) is 0 Å². The van der Waals surface area contributed by atoms with E-state index in [-0.39, 0.29) is 16.2 Å². The van der Waals surface area contributed by atoms with Gasteiger partial charge in [0.25, 0.3) is 10.0 Å². The van der Waals surface area contributed by atoms with E-state index >= 15 is 0 Å². The Balaban J connectivity index is 1.65. The Morgan fingerprint density at radius 1 is 1.17 bits per heavy atom. The van der Waals surface area contributed by atoms with Crippen molar-refractivity contribution in [3.8, 4) is 0 Å². The van der Waals surface area contributed by atoms with E-state index in [4.69, 9.17) is 11.6 Å². The highest BCUT2D eigenvalue weighted by Gasteiger charge is 2.31. The van der Waals surface area contributed by atoms with E-state index < -0.39 is 10.0 Å². The number of carbonyl (C=O) groups excluding carboxylic acids is 1. The van der Waals surface area contributed by atoms with E-state index in [2.05, 4.69) is 5.32 Å². The number of hydrogen-bond donors (Lipinski definition) is 1. The van der Waals surface area contributed by atoms with E-state index in [0.29, 0.717) is 36.9 Å². The SMILES string of the molecule is O=C(C1CCCCN1)N1CCCN(S(=O)(=O)c2ccc(Cl)s2)CC1. The molecular weight excluding hydrogens is 370 g/mol. The Kier molecular flexibility index (Phi) is 5.82. The number of nitrogens with one attached hydrogen (secondary N) is 1. The number of rotatable bonds is 3. The van der Waals surface area contributed by atoms with Crippen molar-refractivity contribution in [3.63, 3.8) is 0 Å². The highest BCUT2D eigenvalue weighted by Crippen LogP contribution is 2.28. The van der Waals surface area contributed by atoms with Crippen molar-refractivity contribution >= 4 is 38.9 Å². The smallest absolute Gasteiger partial charge is 0.252 e. The third kappa shape index (κ3) is 3.94. The molecule has 0 aliphatic carbocycles. The highest BCUT2D eigenvalue weighted by molar-refractivity contribution is 7.91. The first-order valence-corrected chi connectivity index (χ1v) is 10.9. The van der Waals surface area contributed by atoms with Crippen LogP contribution in [0.25, 0.3) is 0 Å². The van der Waals surface area contributed by atoms with Gasteiger partial charge in [0, 0.05) is 26.2 Å². The van der Waals surface area contributed by atoms with Crippen molar-refractivity contribution in [1.29, 1.82) is 0 Å². The van der Waals surface area contributed by atoms with Crippen LogP contribution in [0.3, 0.4) is 0 Å². The zero-order chi connectivity index (χ0) is 17.2. The minimum atomic E-state index is -3.52. The normalized spacial score (nSPS) is 23.9. The maximum absolute atomic E-state index is 12.7. The van der Waals surface area contributed by atoms with Crippen LogP contribution in [0, 0.1) is 0 Å². The minimum absolute atomic E-state index is 0.105. The van der Waals surface area contributed by atoms with Crippen molar-refractivity contribution in [2.75, 3.05) is 32.7 Å². The number of hydrogen-bond acceptors (Lipinski definition) is 5. The Labute approximate surface area is 151 Å². The van der Waals surface area contributed by atoms with Gasteiger partial charge in [-0.1, -0.05) is 18.0 Å². The lowest BCUT2D eigenvalue weighted by Gasteiger charge is -2.29. The summed E-state index contributed by atoms with van der Waals surface area (Å²) in [5.74, 6) is 0.105. The summed E-state index contributed by atoms with van der Waals surface area (Å²) in [6.45, 7) is 2.68. The molecule has 2 aliphatic heterocycles. The Morgan fingerprint density at radius 3 is 2.67 bits per heavy atom. The molecule has 1 N–H and O–H groups in total. The molecule has 3 rings (SSSR count). The molecule has 24 heavy (non-hydrogen) atoms. The summed E-state index contributed by atoms with van der Waals surface area (Å²) in [5, 5.41) is 3.27. The molecule has 0 bridgehead atoms. The van der Waals surface area contributed by atoms with Crippen LogP contribution < -0.4 is 5.32 Å². The van der Waals surface area contributed by atoms with Crippen molar-refractivity contribution in [1.82, 2.24) is 14.5 Å². The van der Waals surface area contributed by atoms with Crippen LogP contribution in [0.2, 0.25) is 4.34 Å². The van der Waals surface area contributed by atoms with Gasteiger partial charge in [0.05, 0.1) is 10.4 Å². The first kappa shape index (κ1) is 18.1. The Hall–Kier alpha value is -0.670. The molecule has 1 aromatic rings. The summed E-state index contributed by atoms with van der Waals surface area (Å²) in [4.78, 5) is 14.4. The molecule has 0 spiro atoms. The number of nitrogens with zero attached hydrogens (tertiary/aromatic N) is 2. The fourth-order valence-electron chi connectivity index (χ4n) is 3.20. The lowest BCUT2D eigenvalue weighted by atomic mass is 10.0. The highest BCUT2D eigenvalue weighted by atomic mass is 35.5. The Bertz CT molecular complexity index is 686. The van der Waals surface area contributed by atoms with E-state index in [1.54, 1.807) is 17.0 Å². The van der Waals surface area contributed by atoms with Crippen LogP contribution >= 0.6 is 22.9 Å². The fourth-order valence-corrected chi connectivity index (χ4v) is 6.31. The van der Waals surface area contributed by atoms with Crippen LogP contribution in [0.1, 0.15) is 25.7 Å². The number of halogens is 1.